The van der Waals surface area contributed by atoms with Gasteiger partial charge >= 0.3 is 0 Å². The van der Waals surface area contributed by atoms with Crippen LogP contribution in [0.3, 0.4) is 0 Å². The number of hydrogen-bond acceptors (Lipinski definition) is 2. The summed E-state index contributed by atoms with van der Waals surface area (Å²) in [5.41, 5.74) is 1.43. The van der Waals surface area contributed by atoms with E-state index in [2.05, 4.69) is 0 Å². The Balaban J connectivity index is 4.42. The van der Waals surface area contributed by atoms with Gasteiger partial charge in [-0.25, -0.2) is 0 Å². The summed E-state index contributed by atoms with van der Waals surface area (Å²) in [6, 6.07) is 1.98. The molecule has 0 unspecified atom stereocenters. The van der Waals surface area contributed by atoms with Gasteiger partial charge in [0.25, 0.3) is 0 Å². The van der Waals surface area contributed by atoms with Gasteiger partial charge in [0.05, 0.1) is 6.07 Å². The maximum atomic E-state index is 10.5. The minimum atomic E-state index is 0.00416. The number of allylic oxidation sites excluding steroid dienone is 4. The van der Waals surface area contributed by atoms with Crippen LogP contribution >= 0.6 is 0 Å². The van der Waals surface area contributed by atoms with Crippen molar-refractivity contribution in [3.63, 3.8) is 0 Å². The van der Waals surface area contributed by atoms with Crippen molar-refractivity contribution in [1.29, 1.82) is 5.26 Å². The van der Waals surface area contributed by atoms with E-state index in [0.717, 1.165) is 5.57 Å². The number of carbonyl (C=O) groups is 1. The Morgan fingerprint density at radius 3 is 2.18 bits per heavy atom. The molecule has 0 saturated heterocycles. The van der Waals surface area contributed by atoms with Crippen LogP contribution in [0.25, 0.3) is 0 Å². The van der Waals surface area contributed by atoms with Crippen LogP contribution in [0.15, 0.2) is 23.3 Å². The summed E-state index contributed by atoms with van der Waals surface area (Å²) in [6.45, 7) is 4.98. The van der Waals surface area contributed by atoms with Gasteiger partial charge in [-0.1, -0.05) is 0 Å². The molecule has 0 aliphatic heterocycles. The van der Waals surface area contributed by atoms with Gasteiger partial charge in [-0.3, -0.25) is 4.79 Å². The molecular formula is C9H11NO. The Bertz CT molecular complexity index is 253. The second kappa shape index (κ2) is 4.45. The Labute approximate surface area is 66.8 Å². The zero-order chi connectivity index (χ0) is 8.85. The van der Waals surface area contributed by atoms with Gasteiger partial charge in [-0.05, 0) is 38.5 Å². The van der Waals surface area contributed by atoms with Crippen molar-refractivity contribution >= 4 is 5.78 Å². The third-order valence-electron chi connectivity index (χ3n) is 1.05. The zero-order valence-corrected chi connectivity index (χ0v) is 7.01. The molecule has 0 aromatic rings. The number of hydrogen-bond donors (Lipinski definition) is 0. The minimum Gasteiger partial charge on any atom is -0.295 e. The average Bonchev–Trinajstić information content (AvgIpc) is 1.85. The van der Waals surface area contributed by atoms with Crippen LogP contribution < -0.4 is 0 Å². The van der Waals surface area contributed by atoms with Gasteiger partial charge in [0.15, 0.2) is 5.78 Å². The van der Waals surface area contributed by atoms with E-state index < -0.39 is 0 Å². The molecule has 0 aromatic heterocycles. The maximum Gasteiger partial charge on any atom is 0.152 e. The Kier molecular flexibility index (Phi) is 3.90. The minimum absolute atomic E-state index is 0.00416. The fourth-order valence-corrected chi connectivity index (χ4v) is 0.736. The van der Waals surface area contributed by atoms with Crippen LogP contribution in [0, 0.1) is 11.3 Å². The summed E-state index contributed by atoms with van der Waals surface area (Å²) in [4.78, 5) is 10.5. The quantitative estimate of drug-likeness (QED) is 0.342. The van der Waals surface area contributed by atoms with Crippen molar-refractivity contribution in [3.05, 3.63) is 23.3 Å². The first-order valence-electron chi connectivity index (χ1n) is 3.33. The predicted molar refractivity (Wildman–Crippen MR) is 43.8 cm³/mol. The molecule has 0 aromatic carbocycles. The topological polar surface area (TPSA) is 40.9 Å². The normalized spacial score (nSPS) is 12.5. The first-order valence-corrected chi connectivity index (χ1v) is 3.33. The third kappa shape index (κ3) is 5.10. The molecule has 0 spiro atoms. The summed E-state index contributed by atoms with van der Waals surface area (Å²) in [6.07, 6.45) is 3.18. The summed E-state index contributed by atoms with van der Waals surface area (Å²) in [5.74, 6) is 0.00416. The van der Waals surface area contributed by atoms with Crippen molar-refractivity contribution in [3.8, 4) is 6.07 Å². The van der Waals surface area contributed by atoms with Crippen LogP contribution in [0.4, 0.5) is 0 Å². The number of rotatable bonds is 2. The molecule has 0 heterocycles. The van der Waals surface area contributed by atoms with Gasteiger partial charge in [-0.15, -0.1) is 0 Å². The molecule has 58 valence electrons. The van der Waals surface area contributed by atoms with Gasteiger partial charge in [0, 0.05) is 5.57 Å². The maximum absolute atomic E-state index is 10.5. The predicted octanol–water partition coefficient (Wildman–Crippen LogP) is 1.99. The fourth-order valence-electron chi connectivity index (χ4n) is 0.736. The second-order valence-corrected chi connectivity index (χ2v) is 2.44. The number of carbonyl (C=O) groups excluding carboxylic acids is 1. The van der Waals surface area contributed by atoms with Crippen LogP contribution in [0.2, 0.25) is 0 Å². The van der Waals surface area contributed by atoms with Crippen LogP contribution in [0.5, 0.6) is 0 Å². The van der Waals surface area contributed by atoms with Crippen molar-refractivity contribution in [2.45, 2.75) is 20.8 Å². The van der Waals surface area contributed by atoms with E-state index in [9.17, 15) is 4.79 Å². The number of nitriles is 1. The largest absolute Gasteiger partial charge is 0.295 e. The Hall–Kier alpha value is -1.36. The average molecular weight is 149 g/mol. The van der Waals surface area contributed by atoms with E-state index in [4.69, 9.17) is 5.26 Å². The summed E-state index contributed by atoms with van der Waals surface area (Å²) >= 11 is 0. The van der Waals surface area contributed by atoms with Crippen molar-refractivity contribution in [2.75, 3.05) is 0 Å². The molecule has 0 amide bonds. The van der Waals surface area contributed by atoms with Crippen LogP contribution in [-0.2, 0) is 4.79 Å². The lowest BCUT2D eigenvalue weighted by Crippen LogP contribution is -1.83. The van der Waals surface area contributed by atoms with Gasteiger partial charge < -0.3 is 0 Å². The third-order valence-corrected chi connectivity index (χ3v) is 1.05. The van der Waals surface area contributed by atoms with E-state index in [1.54, 1.807) is 19.9 Å². The first kappa shape index (κ1) is 9.64. The molecule has 2 nitrogen and oxygen atoms in total. The molecule has 0 atom stereocenters. The first-order chi connectivity index (χ1) is 5.06. The Morgan fingerprint density at radius 1 is 1.27 bits per heavy atom. The molecule has 0 rings (SSSR count). The van der Waals surface area contributed by atoms with E-state index in [1.165, 1.54) is 13.0 Å². The lowest BCUT2D eigenvalue weighted by Gasteiger charge is -1.89. The summed E-state index contributed by atoms with van der Waals surface area (Å²) < 4.78 is 0. The molecule has 0 bridgehead atoms. The highest BCUT2D eigenvalue weighted by atomic mass is 16.1. The zero-order valence-electron chi connectivity index (χ0n) is 7.01. The van der Waals surface area contributed by atoms with Crippen LogP contribution in [0.1, 0.15) is 20.8 Å². The SMILES string of the molecule is CC(=O)/C=C(C)\C=C(\C)C#N. The second-order valence-electron chi connectivity index (χ2n) is 2.44. The fraction of sp³-hybridized carbons (Fsp3) is 0.333. The van der Waals surface area contributed by atoms with Gasteiger partial charge in [0.2, 0.25) is 0 Å². The van der Waals surface area contributed by atoms with E-state index in [1.807, 2.05) is 6.07 Å². The number of ketones is 1. The molecule has 2 heteroatoms. The summed E-state index contributed by atoms with van der Waals surface area (Å²) in [7, 11) is 0. The lowest BCUT2D eigenvalue weighted by molar-refractivity contribution is -0.112. The molecule has 0 saturated carbocycles. The van der Waals surface area contributed by atoms with Crippen LogP contribution in [-0.4, -0.2) is 5.78 Å². The standard InChI is InChI=1S/C9H11NO/c1-7(5-9(3)11)4-8(2)6-10/h4-5H,1-3H3/b7-5-,8-4-. The molecule has 0 radical (unpaired) electrons. The highest BCUT2D eigenvalue weighted by Crippen LogP contribution is 1.99. The molecular weight excluding hydrogens is 138 g/mol. The van der Waals surface area contributed by atoms with Crippen molar-refractivity contribution in [1.82, 2.24) is 0 Å². The number of nitrogens with zero attached hydrogens (tertiary/aromatic N) is 1. The molecule has 0 fully saturated rings. The van der Waals surface area contributed by atoms with E-state index in [-0.39, 0.29) is 5.78 Å². The van der Waals surface area contributed by atoms with E-state index >= 15 is 0 Å². The van der Waals surface area contributed by atoms with Crippen molar-refractivity contribution < 1.29 is 4.79 Å². The molecule has 11 heavy (non-hydrogen) atoms. The monoisotopic (exact) mass is 149 g/mol. The highest BCUT2D eigenvalue weighted by molar-refractivity contribution is 5.88. The van der Waals surface area contributed by atoms with E-state index in [0.29, 0.717) is 5.57 Å². The Morgan fingerprint density at radius 2 is 1.82 bits per heavy atom. The summed E-state index contributed by atoms with van der Waals surface area (Å²) in [5, 5.41) is 8.39. The van der Waals surface area contributed by atoms with Gasteiger partial charge in [0.1, 0.15) is 0 Å². The molecule has 0 aliphatic carbocycles. The molecule has 0 N–H and O–H groups in total. The van der Waals surface area contributed by atoms with Crippen molar-refractivity contribution in [2.24, 2.45) is 0 Å². The molecule has 0 aliphatic rings. The lowest BCUT2D eigenvalue weighted by atomic mass is 10.2. The highest BCUT2D eigenvalue weighted by Gasteiger charge is 1.88. The van der Waals surface area contributed by atoms with Gasteiger partial charge in [-0.2, -0.15) is 5.26 Å². The smallest absolute Gasteiger partial charge is 0.152 e.